The van der Waals surface area contributed by atoms with Crippen LogP contribution in [0.5, 0.6) is 0 Å². The number of aliphatic hydroxyl groups excluding tert-OH is 1. The number of β-amino-alcohol motifs (C(OH)–C–C–N with tert-alkyl or cyclic N) is 1. The zero-order valence-electron chi connectivity index (χ0n) is 9.17. The van der Waals surface area contributed by atoms with Gasteiger partial charge in [0, 0.05) is 22.0 Å². The molecule has 88 valence electrons. The number of halogens is 1. The topological polar surface area (TPSA) is 49.2 Å². The van der Waals surface area contributed by atoms with Gasteiger partial charge in [-0.3, -0.25) is 0 Å². The van der Waals surface area contributed by atoms with Gasteiger partial charge in [0.05, 0.1) is 11.6 Å². The van der Waals surface area contributed by atoms with E-state index in [9.17, 15) is 5.11 Å². The Morgan fingerprint density at radius 2 is 2.24 bits per heavy atom. The van der Waals surface area contributed by atoms with Crippen LogP contribution in [-0.2, 0) is 0 Å². The van der Waals surface area contributed by atoms with E-state index in [1.54, 1.807) is 6.33 Å². The first kappa shape index (κ1) is 11.2. The van der Waals surface area contributed by atoms with Gasteiger partial charge in [-0.05, 0) is 47.2 Å². The minimum Gasteiger partial charge on any atom is -0.391 e. The Morgan fingerprint density at radius 1 is 1.35 bits per heavy atom. The van der Waals surface area contributed by atoms with E-state index in [2.05, 4.69) is 43.5 Å². The van der Waals surface area contributed by atoms with Crippen molar-refractivity contribution in [1.29, 1.82) is 0 Å². The van der Waals surface area contributed by atoms with Crippen LogP contribution in [0.15, 0.2) is 24.5 Å². The predicted octanol–water partition coefficient (Wildman–Crippen LogP) is 1.81. The van der Waals surface area contributed by atoms with Crippen molar-refractivity contribution in [3.05, 3.63) is 28.1 Å². The lowest BCUT2D eigenvalue weighted by molar-refractivity contribution is 0.198. The number of hydrogen-bond donors (Lipinski definition) is 1. The molecule has 0 spiro atoms. The molecule has 1 aliphatic heterocycles. The lowest BCUT2D eigenvalue weighted by atomic mass is 10.2. The molecule has 1 fully saturated rings. The Hall–Kier alpha value is -0.950. The smallest absolute Gasteiger partial charge is 0.140 e. The summed E-state index contributed by atoms with van der Waals surface area (Å²) in [6.07, 6.45) is 2.17. The van der Waals surface area contributed by atoms with Gasteiger partial charge in [0.2, 0.25) is 0 Å². The standard InChI is InChI=1S/C12H12IN3O/c13-8-1-2-11-10(5-8)12(15-7-14-11)16-4-3-9(17)6-16/h1-2,5,7,9,17H,3-4,6H2/t9-/m0/s1. The predicted molar refractivity (Wildman–Crippen MR) is 75.1 cm³/mol. The molecule has 1 atom stereocenters. The van der Waals surface area contributed by atoms with Gasteiger partial charge in [-0.15, -0.1) is 0 Å². The second-order valence-electron chi connectivity index (χ2n) is 4.25. The second-order valence-corrected chi connectivity index (χ2v) is 5.49. The molecule has 1 saturated heterocycles. The molecule has 0 aliphatic carbocycles. The quantitative estimate of drug-likeness (QED) is 0.804. The molecule has 5 heteroatoms. The van der Waals surface area contributed by atoms with E-state index in [4.69, 9.17) is 0 Å². The van der Waals surface area contributed by atoms with Crippen LogP contribution in [0.2, 0.25) is 0 Å². The number of benzene rings is 1. The Morgan fingerprint density at radius 3 is 3.00 bits per heavy atom. The van der Waals surface area contributed by atoms with Crippen molar-refractivity contribution in [1.82, 2.24) is 9.97 Å². The highest BCUT2D eigenvalue weighted by Gasteiger charge is 2.22. The van der Waals surface area contributed by atoms with Crippen LogP contribution in [0.4, 0.5) is 5.82 Å². The summed E-state index contributed by atoms with van der Waals surface area (Å²) in [6.45, 7) is 1.52. The molecule has 0 amide bonds. The molecule has 2 aromatic rings. The average Bonchev–Trinajstić information content (AvgIpc) is 2.75. The Bertz CT molecular complexity index is 560. The number of aromatic nitrogens is 2. The lowest BCUT2D eigenvalue weighted by Gasteiger charge is -2.18. The molecule has 17 heavy (non-hydrogen) atoms. The first-order chi connectivity index (χ1) is 8.24. The molecule has 0 unspecified atom stereocenters. The largest absolute Gasteiger partial charge is 0.391 e. The molecule has 3 rings (SSSR count). The van der Waals surface area contributed by atoms with Gasteiger partial charge in [0.15, 0.2) is 0 Å². The van der Waals surface area contributed by atoms with Crippen molar-refractivity contribution in [3.8, 4) is 0 Å². The minimum absolute atomic E-state index is 0.234. The molecule has 4 nitrogen and oxygen atoms in total. The van der Waals surface area contributed by atoms with Crippen molar-refractivity contribution in [2.45, 2.75) is 12.5 Å². The van der Waals surface area contributed by atoms with Gasteiger partial charge in [0.1, 0.15) is 12.1 Å². The summed E-state index contributed by atoms with van der Waals surface area (Å²) in [5.41, 5.74) is 0.955. The fraction of sp³-hybridized carbons (Fsp3) is 0.333. The summed E-state index contributed by atoms with van der Waals surface area (Å²) in [5.74, 6) is 0.935. The molecule has 1 aromatic carbocycles. The summed E-state index contributed by atoms with van der Waals surface area (Å²) >= 11 is 2.29. The van der Waals surface area contributed by atoms with Crippen molar-refractivity contribution in [2.75, 3.05) is 18.0 Å². The maximum absolute atomic E-state index is 9.60. The first-order valence-electron chi connectivity index (χ1n) is 5.57. The van der Waals surface area contributed by atoms with Gasteiger partial charge in [-0.1, -0.05) is 0 Å². The molecule has 0 saturated carbocycles. The van der Waals surface area contributed by atoms with Gasteiger partial charge >= 0.3 is 0 Å². The maximum atomic E-state index is 9.60. The summed E-state index contributed by atoms with van der Waals surface area (Å²) in [4.78, 5) is 10.8. The van der Waals surface area contributed by atoms with Crippen LogP contribution in [-0.4, -0.2) is 34.3 Å². The van der Waals surface area contributed by atoms with E-state index in [1.807, 2.05) is 12.1 Å². The third kappa shape index (κ3) is 2.09. The van der Waals surface area contributed by atoms with Gasteiger partial charge in [0.25, 0.3) is 0 Å². The second kappa shape index (κ2) is 4.38. The number of rotatable bonds is 1. The van der Waals surface area contributed by atoms with Crippen LogP contribution < -0.4 is 4.90 Å². The molecule has 1 N–H and O–H groups in total. The van der Waals surface area contributed by atoms with Crippen molar-refractivity contribution >= 4 is 39.3 Å². The van der Waals surface area contributed by atoms with Crippen LogP contribution in [0.1, 0.15) is 6.42 Å². The lowest BCUT2D eigenvalue weighted by Crippen LogP contribution is -2.22. The molecule has 1 aromatic heterocycles. The van der Waals surface area contributed by atoms with Crippen molar-refractivity contribution in [2.24, 2.45) is 0 Å². The third-order valence-electron chi connectivity index (χ3n) is 3.04. The fourth-order valence-corrected chi connectivity index (χ4v) is 2.69. The SMILES string of the molecule is O[C@H]1CCN(c2ncnc3ccc(I)cc23)C1. The summed E-state index contributed by atoms with van der Waals surface area (Å²) in [6, 6.07) is 6.14. The summed E-state index contributed by atoms with van der Waals surface area (Å²) < 4.78 is 1.17. The Kier molecular flexibility index (Phi) is 2.87. The first-order valence-corrected chi connectivity index (χ1v) is 6.65. The highest BCUT2D eigenvalue weighted by atomic mass is 127. The van der Waals surface area contributed by atoms with E-state index in [0.29, 0.717) is 6.54 Å². The summed E-state index contributed by atoms with van der Waals surface area (Å²) in [7, 11) is 0. The number of nitrogens with zero attached hydrogens (tertiary/aromatic N) is 3. The van der Waals surface area contributed by atoms with Crippen LogP contribution in [0, 0.1) is 3.57 Å². The van der Waals surface area contributed by atoms with Gasteiger partial charge < -0.3 is 10.0 Å². The molecular formula is C12H12IN3O. The molecule has 0 radical (unpaired) electrons. The van der Waals surface area contributed by atoms with Crippen molar-refractivity contribution < 1.29 is 5.11 Å². The number of fused-ring (bicyclic) bond motifs is 1. The van der Waals surface area contributed by atoms with Gasteiger partial charge in [-0.2, -0.15) is 0 Å². The zero-order valence-corrected chi connectivity index (χ0v) is 11.3. The highest BCUT2D eigenvalue weighted by Crippen LogP contribution is 2.27. The maximum Gasteiger partial charge on any atom is 0.140 e. The monoisotopic (exact) mass is 341 g/mol. The van der Waals surface area contributed by atoms with Crippen LogP contribution in [0.3, 0.4) is 0 Å². The molecule has 2 heterocycles. The number of aliphatic hydroxyl groups is 1. The third-order valence-corrected chi connectivity index (χ3v) is 3.71. The number of anilines is 1. The average molecular weight is 341 g/mol. The highest BCUT2D eigenvalue weighted by molar-refractivity contribution is 14.1. The van der Waals surface area contributed by atoms with E-state index in [0.717, 1.165) is 29.7 Å². The fourth-order valence-electron chi connectivity index (χ4n) is 2.20. The van der Waals surface area contributed by atoms with E-state index in [1.165, 1.54) is 3.57 Å². The van der Waals surface area contributed by atoms with E-state index in [-0.39, 0.29) is 6.10 Å². The summed E-state index contributed by atoms with van der Waals surface area (Å²) in [5, 5.41) is 10.7. The van der Waals surface area contributed by atoms with Crippen molar-refractivity contribution in [3.63, 3.8) is 0 Å². The van der Waals surface area contributed by atoms with Gasteiger partial charge in [-0.25, -0.2) is 9.97 Å². The molecule has 0 bridgehead atoms. The van der Waals surface area contributed by atoms with Crippen LogP contribution >= 0.6 is 22.6 Å². The zero-order chi connectivity index (χ0) is 11.8. The molecular weight excluding hydrogens is 329 g/mol. The molecule has 1 aliphatic rings. The van der Waals surface area contributed by atoms with Crippen LogP contribution in [0.25, 0.3) is 10.9 Å². The Balaban J connectivity index is 2.12. The normalized spacial score (nSPS) is 20.1. The van der Waals surface area contributed by atoms with E-state index >= 15 is 0 Å². The minimum atomic E-state index is -0.234. The van der Waals surface area contributed by atoms with E-state index < -0.39 is 0 Å². The Labute approximate surface area is 113 Å². The number of hydrogen-bond acceptors (Lipinski definition) is 4.